The summed E-state index contributed by atoms with van der Waals surface area (Å²) in [6.45, 7) is 0. The largest absolute Gasteiger partial charge is 0.244 e. The van der Waals surface area contributed by atoms with Crippen molar-refractivity contribution in [1.29, 1.82) is 0 Å². The van der Waals surface area contributed by atoms with Crippen LogP contribution in [0.3, 0.4) is 0 Å². The number of halogens is 4. The summed E-state index contributed by atoms with van der Waals surface area (Å²) < 4.78 is 38.6. The van der Waals surface area contributed by atoms with Gasteiger partial charge in [-0.1, -0.05) is 0 Å². The Labute approximate surface area is 98.5 Å². The molecule has 1 heterocycles. The summed E-state index contributed by atoms with van der Waals surface area (Å²) in [5.74, 6) is -3.64. The molecule has 6 heteroatoms. The number of rotatable bonds is 2. The van der Waals surface area contributed by atoms with E-state index < -0.39 is 17.5 Å². The van der Waals surface area contributed by atoms with Gasteiger partial charge >= 0.3 is 0 Å². The molecule has 0 N–H and O–H groups in total. The monoisotopic (exact) mass is 263 g/mol. The van der Waals surface area contributed by atoms with Crippen LogP contribution in [-0.4, -0.2) is 4.98 Å². The molecular formula is C10H5ClF3NS. The highest BCUT2D eigenvalue weighted by atomic mass is 35.5. The van der Waals surface area contributed by atoms with Crippen LogP contribution in [0.1, 0.15) is 4.88 Å². The lowest BCUT2D eigenvalue weighted by atomic mass is 10.2. The fourth-order valence-corrected chi connectivity index (χ4v) is 2.16. The number of aromatic nitrogens is 1. The molecule has 2 rings (SSSR count). The van der Waals surface area contributed by atoms with E-state index in [0.29, 0.717) is 5.01 Å². The Morgan fingerprint density at radius 3 is 2.31 bits per heavy atom. The molecular weight excluding hydrogens is 259 g/mol. The van der Waals surface area contributed by atoms with Gasteiger partial charge < -0.3 is 0 Å². The van der Waals surface area contributed by atoms with Gasteiger partial charge in [0, 0.05) is 16.6 Å². The lowest BCUT2D eigenvalue weighted by Gasteiger charge is -1.99. The van der Waals surface area contributed by atoms with E-state index in [4.69, 9.17) is 11.6 Å². The van der Waals surface area contributed by atoms with Crippen molar-refractivity contribution in [3.05, 3.63) is 40.7 Å². The van der Waals surface area contributed by atoms with E-state index in [2.05, 4.69) is 4.98 Å². The first-order chi connectivity index (χ1) is 7.61. The Hall–Kier alpha value is -1.07. The predicted octanol–water partition coefficient (Wildman–Crippen LogP) is 3.97. The van der Waals surface area contributed by atoms with Crippen molar-refractivity contribution in [2.75, 3.05) is 0 Å². The highest BCUT2D eigenvalue weighted by molar-refractivity contribution is 7.15. The van der Waals surface area contributed by atoms with Crippen LogP contribution in [-0.2, 0) is 5.88 Å². The minimum Gasteiger partial charge on any atom is -0.244 e. The van der Waals surface area contributed by atoms with E-state index in [-0.39, 0.29) is 11.4 Å². The topological polar surface area (TPSA) is 12.9 Å². The molecule has 1 aromatic carbocycles. The Kier molecular flexibility index (Phi) is 3.16. The van der Waals surface area contributed by atoms with Crippen LogP contribution in [0.25, 0.3) is 10.6 Å². The highest BCUT2D eigenvalue weighted by Crippen LogP contribution is 2.28. The summed E-state index contributed by atoms with van der Waals surface area (Å²) in [5, 5.41) is 0.411. The molecule has 0 aliphatic rings. The molecule has 0 aliphatic heterocycles. The molecule has 2 aromatic rings. The van der Waals surface area contributed by atoms with E-state index in [0.717, 1.165) is 17.0 Å². The van der Waals surface area contributed by atoms with Gasteiger partial charge in [-0.3, -0.25) is 0 Å². The summed E-state index contributed by atoms with van der Waals surface area (Å²) >= 11 is 6.79. The molecule has 16 heavy (non-hydrogen) atoms. The Bertz CT molecular complexity index is 504. The molecule has 1 aromatic heterocycles. The third-order valence-corrected chi connectivity index (χ3v) is 3.41. The summed E-state index contributed by atoms with van der Waals surface area (Å²) in [6, 6.07) is 1.82. The van der Waals surface area contributed by atoms with E-state index in [9.17, 15) is 13.2 Å². The third-order valence-electron chi connectivity index (χ3n) is 1.92. The summed E-state index contributed by atoms with van der Waals surface area (Å²) in [5.41, 5.74) is 0.206. The number of alkyl halides is 1. The average Bonchev–Trinajstić information content (AvgIpc) is 2.73. The molecule has 0 unspecified atom stereocenters. The minimum atomic E-state index is -1.47. The highest BCUT2D eigenvalue weighted by Gasteiger charge is 2.13. The third kappa shape index (κ3) is 2.05. The van der Waals surface area contributed by atoms with Crippen LogP contribution >= 0.6 is 22.9 Å². The van der Waals surface area contributed by atoms with Crippen LogP contribution in [0.5, 0.6) is 0 Å². The average molecular weight is 264 g/mol. The second kappa shape index (κ2) is 4.43. The number of thiazole rings is 1. The van der Waals surface area contributed by atoms with Gasteiger partial charge in [-0.25, -0.2) is 18.2 Å². The van der Waals surface area contributed by atoms with Gasteiger partial charge in [-0.2, -0.15) is 0 Å². The van der Waals surface area contributed by atoms with Gasteiger partial charge in [0.1, 0.15) is 5.01 Å². The first-order valence-corrected chi connectivity index (χ1v) is 5.62. The summed E-state index contributed by atoms with van der Waals surface area (Å²) in [7, 11) is 0. The smallest absolute Gasteiger partial charge is 0.194 e. The zero-order valence-corrected chi connectivity index (χ0v) is 9.38. The van der Waals surface area contributed by atoms with Crippen LogP contribution in [0.15, 0.2) is 18.3 Å². The van der Waals surface area contributed by atoms with Crippen LogP contribution < -0.4 is 0 Å². The van der Waals surface area contributed by atoms with Gasteiger partial charge in [0.2, 0.25) is 0 Å². The fourth-order valence-electron chi connectivity index (χ4n) is 1.18. The summed E-state index contributed by atoms with van der Waals surface area (Å²) in [4.78, 5) is 4.73. The molecule has 0 saturated carbocycles. The molecule has 0 spiro atoms. The Balaban J connectivity index is 2.48. The maximum atomic E-state index is 13.0. The van der Waals surface area contributed by atoms with Crippen molar-refractivity contribution in [2.24, 2.45) is 0 Å². The molecule has 0 bridgehead atoms. The summed E-state index contributed by atoms with van der Waals surface area (Å²) in [6.07, 6.45) is 1.52. The number of hydrogen-bond acceptors (Lipinski definition) is 2. The van der Waals surface area contributed by atoms with Crippen molar-refractivity contribution in [3.63, 3.8) is 0 Å². The molecule has 0 atom stereocenters. The minimum absolute atomic E-state index is 0.206. The van der Waals surface area contributed by atoms with Gasteiger partial charge in [-0.05, 0) is 12.1 Å². The van der Waals surface area contributed by atoms with E-state index in [1.807, 2.05) is 0 Å². The lowest BCUT2D eigenvalue weighted by Crippen LogP contribution is -1.91. The fraction of sp³-hybridized carbons (Fsp3) is 0.100. The van der Waals surface area contributed by atoms with E-state index in [1.54, 1.807) is 0 Å². The predicted molar refractivity (Wildman–Crippen MR) is 57.0 cm³/mol. The van der Waals surface area contributed by atoms with Gasteiger partial charge in [-0.15, -0.1) is 22.9 Å². The normalized spacial score (nSPS) is 10.8. The standard InChI is InChI=1S/C10H5ClF3NS/c11-3-6-4-15-10(16-6)5-1-7(12)9(14)8(13)2-5/h1-2,4H,3H2. The zero-order chi connectivity index (χ0) is 11.7. The van der Waals surface area contributed by atoms with Gasteiger partial charge in [0.05, 0.1) is 5.88 Å². The first-order valence-electron chi connectivity index (χ1n) is 4.27. The van der Waals surface area contributed by atoms with Crippen molar-refractivity contribution in [3.8, 4) is 10.6 Å². The van der Waals surface area contributed by atoms with Crippen LogP contribution in [0, 0.1) is 17.5 Å². The Morgan fingerprint density at radius 2 is 1.81 bits per heavy atom. The Morgan fingerprint density at radius 1 is 1.19 bits per heavy atom. The van der Waals surface area contributed by atoms with Crippen molar-refractivity contribution < 1.29 is 13.2 Å². The van der Waals surface area contributed by atoms with Crippen molar-refractivity contribution >= 4 is 22.9 Å². The quantitative estimate of drug-likeness (QED) is 0.590. The second-order valence-electron chi connectivity index (χ2n) is 3.02. The maximum Gasteiger partial charge on any atom is 0.194 e. The number of nitrogens with zero attached hydrogens (tertiary/aromatic N) is 1. The van der Waals surface area contributed by atoms with Crippen molar-refractivity contribution in [2.45, 2.75) is 5.88 Å². The molecule has 0 aliphatic carbocycles. The number of benzene rings is 1. The number of hydrogen-bond donors (Lipinski definition) is 0. The molecule has 84 valence electrons. The van der Waals surface area contributed by atoms with Crippen molar-refractivity contribution in [1.82, 2.24) is 4.98 Å². The van der Waals surface area contributed by atoms with Crippen LogP contribution in [0.4, 0.5) is 13.2 Å². The zero-order valence-electron chi connectivity index (χ0n) is 7.81. The van der Waals surface area contributed by atoms with Gasteiger partial charge in [0.15, 0.2) is 17.5 Å². The molecule has 0 amide bonds. The van der Waals surface area contributed by atoms with Gasteiger partial charge in [0.25, 0.3) is 0 Å². The van der Waals surface area contributed by atoms with E-state index >= 15 is 0 Å². The van der Waals surface area contributed by atoms with E-state index in [1.165, 1.54) is 17.5 Å². The first kappa shape index (κ1) is 11.4. The lowest BCUT2D eigenvalue weighted by molar-refractivity contribution is 0.447. The SMILES string of the molecule is Fc1cc(-c2ncc(CCl)s2)cc(F)c1F. The molecule has 1 nitrogen and oxygen atoms in total. The second-order valence-corrected chi connectivity index (χ2v) is 4.40. The molecule has 0 saturated heterocycles. The molecule has 0 radical (unpaired) electrons. The van der Waals surface area contributed by atoms with Crippen LogP contribution in [0.2, 0.25) is 0 Å². The molecule has 0 fully saturated rings. The maximum absolute atomic E-state index is 13.0.